The summed E-state index contributed by atoms with van der Waals surface area (Å²) in [6.45, 7) is 9.66. The standard InChI is InChI=1S/C24H29F2NO3/c1-13(2)6-7-21(28)27-20(12-22(29)30)18-10-17(11-19(25)24(18)26)23-15(4)8-14(3)9-16(23)5/h8-11,13,20H,6-7,12H2,1-5H3,(H,27,28)(H,29,30). The van der Waals surface area contributed by atoms with E-state index in [-0.39, 0.29) is 17.9 Å². The van der Waals surface area contributed by atoms with Gasteiger partial charge in [0.25, 0.3) is 0 Å². The molecule has 0 radical (unpaired) electrons. The van der Waals surface area contributed by atoms with Gasteiger partial charge in [-0.05, 0) is 67.5 Å². The molecule has 0 fully saturated rings. The summed E-state index contributed by atoms with van der Waals surface area (Å²) in [7, 11) is 0. The molecule has 0 saturated carbocycles. The summed E-state index contributed by atoms with van der Waals surface area (Å²) in [6.07, 6.45) is 0.261. The Balaban J connectivity index is 2.51. The summed E-state index contributed by atoms with van der Waals surface area (Å²) in [5.41, 5.74) is 3.91. The predicted octanol–water partition coefficient (Wildman–Crippen LogP) is 5.63. The maximum atomic E-state index is 14.7. The van der Waals surface area contributed by atoms with E-state index in [2.05, 4.69) is 5.32 Å². The molecule has 0 spiro atoms. The van der Waals surface area contributed by atoms with E-state index in [9.17, 15) is 23.5 Å². The Morgan fingerprint density at radius 2 is 1.63 bits per heavy atom. The summed E-state index contributed by atoms with van der Waals surface area (Å²) < 4.78 is 29.2. The fourth-order valence-corrected chi connectivity index (χ4v) is 3.74. The number of aliphatic carboxylic acids is 1. The Bertz CT molecular complexity index is 931. The van der Waals surface area contributed by atoms with Gasteiger partial charge in [-0.15, -0.1) is 0 Å². The highest BCUT2D eigenvalue weighted by Gasteiger charge is 2.25. The number of rotatable bonds is 8. The van der Waals surface area contributed by atoms with Crippen molar-refractivity contribution in [3.05, 3.63) is 58.2 Å². The molecule has 1 unspecified atom stereocenters. The van der Waals surface area contributed by atoms with Gasteiger partial charge < -0.3 is 10.4 Å². The van der Waals surface area contributed by atoms with Crippen molar-refractivity contribution in [2.45, 2.75) is 59.9 Å². The van der Waals surface area contributed by atoms with Gasteiger partial charge in [0.2, 0.25) is 5.91 Å². The van der Waals surface area contributed by atoms with Crippen molar-refractivity contribution >= 4 is 11.9 Å². The number of benzene rings is 2. The molecule has 0 saturated heterocycles. The van der Waals surface area contributed by atoms with Gasteiger partial charge in [-0.2, -0.15) is 0 Å². The normalized spacial score (nSPS) is 12.1. The number of carboxylic acids is 1. The molecule has 6 heteroatoms. The van der Waals surface area contributed by atoms with Crippen LogP contribution in [0, 0.1) is 38.3 Å². The van der Waals surface area contributed by atoms with E-state index in [1.54, 1.807) is 0 Å². The summed E-state index contributed by atoms with van der Waals surface area (Å²) >= 11 is 0. The number of carboxylic acid groups (broad SMARTS) is 1. The third-order valence-electron chi connectivity index (χ3n) is 5.06. The van der Waals surface area contributed by atoms with Crippen molar-refractivity contribution in [1.29, 1.82) is 0 Å². The molecule has 0 aromatic heterocycles. The number of aryl methyl sites for hydroxylation is 3. The molecular formula is C24H29F2NO3. The minimum atomic E-state index is -1.21. The van der Waals surface area contributed by atoms with Crippen LogP contribution in [0.4, 0.5) is 8.78 Å². The Morgan fingerprint density at radius 3 is 2.17 bits per heavy atom. The van der Waals surface area contributed by atoms with Gasteiger partial charge in [-0.3, -0.25) is 9.59 Å². The molecule has 0 aliphatic heterocycles. The first-order chi connectivity index (χ1) is 14.0. The molecule has 1 amide bonds. The first-order valence-corrected chi connectivity index (χ1v) is 10.1. The van der Waals surface area contributed by atoms with E-state index in [4.69, 9.17) is 0 Å². The Kier molecular flexibility index (Phi) is 7.71. The lowest BCUT2D eigenvalue weighted by Gasteiger charge is -2.21. The number of carbonyl (C=O) groups excluding carboxylic acids is 1. The lowest BCUT2D eigenvalue weighted by molar-refractivity contribution is -0.137. The third kappa shape index (κ3) is 5.88. The number of hydrogen-bond acceptors (Lipinski definition) is 2. The van der Waals surface area contributed by atoms with Crippen LogP contribution in [0.2, 0.25) is 0 Å². The molecule has 2 aromatic rings. The minimum absolute atomic E-state index is 0.162. The van der Waals surface area contributed by atoms with Crippen LogP contribution >= 0.6 is 0 Å². The second-order valence-corrected chi connectivity index (χ2v) is 8.29. The number of amides is 1. The van der Waals surface area contributed by atoms with Gasteiger partial charge in [-0.25, -0.2) is 8.78 Å². The monoisotopic (exact) mass is 417 g/mol. The van der Waals surface area contributed by atoms with Crippen LogP contribution in [0.1, 0.15) is 61.4 Å². The van der Waals surface area contributed by atoms with Crippen molar-refractivity contribution in [3.8, 4) is 11.1 Å². The largest absolute Gasteiger partial charge is 0.481 e. The summed E-state index contributed by atoms with van der Waals surface area (Å²) in [4.78, 5) is 23.6. The molecule has 0 heterocycles. The number of hydrogen-bond donors (Lipinski definition) is 2. The van der Waals surface area contributed by atoms with Crippen LogP contribution in [0.5, 0.6) is 0 Å². The highest BCUT2D eigenvalue weighted by Crippen LogP contribution is 2.33. The molecule has 0 aliphatic rings. The van der Waals surface area contributed by atoms with Gasteiger partial charge in [0.05, 0.1) is 12.5 Å². The van der Waals surface area contributed by atoms with Crippen LogP contribution in [0.15, 0.2) is 24.3 Å². The summed E-state index contributed by atoms with van der Waals surface area (Å²) in [5.74, 6) is -3.52. The second-order valence-electron chi connectivity index (χ2n) is 8.29. The van der Waals surface area contributed by atoms with E-state index in [1.807, 2.05) is 46.8 Å². The molecule has 0 bridgehead atoms. The van der Waals surface area contributed by atoms with E-state index in [0.717, 1.165) is 28.3 Å². The maximum absolute atomic E-state index is 14.7. The molecule has 1 atom stereocenters. The van der Waals surface area contributed by atoms with Crippen LogP contribution in [0.3, 0.4) is 0 Å². The molecule has 0 aliphatic carbocycles. The molecule has 2 N–H and O–H groups in total. The van der Waals surface area contributed by atoms with Gasteiger partial charge >= 0.3 is 5.97 Å². The highest BCUT2D eigenvalue weighted by molar-refractivity contribution is 5.78. The fourth-order valence-electron chi connectivity index (χ4n) is 3.74. The van der Waals surface area contributed by atoms with Gasteiger partial charge in [0.1, 0.15) is 0 Å². The first kappa shape index (κ1) is 23.5. The highest BCUT2D eigenvalue weighted by atomic mass is 19.2. The zero-order valence-electron chi connectivity index (χ0n) is 18.1. The zero-order valence-corrected chi connectivity index (χ0v) is 18.1. The third-order valence-corrected chi connectivity index (χ3v) is 5.06. The molecule has 2 rings (SSSR count). The van der Waals surface area contributed by atoms with Crippen molar-refractivity contribution in [2.75, 3.05) is 0 Å². The van der Waals surface area contributed by atoms with E-state index in [0.29, 0.717) is 17.9 Å². The van der Waals surface area contributed by atoms with Gasteiger partial charge in [-0.1, -0.05) is 31.5 Å². The van der Waals surface area contributed by atoms with Crippen LogP contribution < -0.4 is 5.32 Å². The first-order valence-electron chi connectivity index (χ1n) is 10.1. The SMILES string of the molecule is Cc1cc(C)c(-c2cc(F)c(F)c(C(CC(=O)O)NC(=O)CCC(C)C)c2)c(C)c1. The van der Waals surface area contributed by atoms with Crippen LogP contribution in [0.25, 0.3) is 11.1 Å². The van der Waals surface area contributed by atoms with Crippen molar-refractivity contribution < 1.29 is 23.5 Å². The summed E-state index contributed by atoms with van der Waals surface area (Å²) in [5, 5.41) is 11.9. The molecule has 30 heavy (non-hydrogen) atoms. The number of nitrogens with one attached hydrogen (secondary N) is 1. The van der Waals surface area contributed by atoms with Gasteiger partial charge in [0.15, 0.2) is 11.6 Å². The van der Waals surface area contributed by atoms with Crippen LogP contribution in [-0.4, -0.2) is 17.0 Å². The number of carbonyl (C=O) groups is 2. The summed E-state index contributed by atoms with van der Waals surface area (Å²) in [6, 6.07) is 5.29. The van der Waals surface area contributed by atoms with Crippen molar-refractivity contribution in [1.82, 2.24) is 5.32 Å². The van der Waals surface area contributed by atoms with E-state index >= 15 is 0 Å². The maximum Gasteiger partial charge on any atom is 0.305 e. The Labute approximate surface area is 176 Å². The van der Waals surface area contributed by atoms with Crippen molar-refractivity contribution in [3.63, 3.8) is 0 Å². The topological polar surface area (TPSA) is 66.4 Å². The molecule has 162 valence electrons. The fraction of sp³-hybridized carbons (Fsp3) is 0.417. The Morgan fingerprint density at radius 1 is 1.03 bits per heavy atom. The quantitative estimate of drug-likeness (QED) is 0.585. The number of halogens is 2. The van der Waals surface area contributed by atoms with E-state index < -0.39 is 30.1 Å². The molecule has 4 nitrogen and oxygen atoms in total. The van der Waals surface area contributed by atoms with Gasteiger partial charge in [0, 0.05) is 12.0 Å². The Hall–Kier alpha value is -2.76. The van der Waals surface area contributed by atoms with Crippen molar-refractivity contribution in [2.24, 2.45) is 5.92 Å². The lowest BCUT2D eigenvalue weighted by atomic mass is 9.91. The molecule has 2 aromatic carbocycles. The molecular weight excluding hydrogens is 388 g/mol. The van der Waals surface area contributed by atoms with E-state index in [1.165, 1.54) is 6.07 Å². The second kappa shape index (κ2) is 9.83. The predicted molar refractivity (Wildman–Crippen MR) is 113 cm³/mol. The zero-order chi connectivity index (χ0) is 22.6. The lowest BCUT2D eigenvalue weighted by Crippen LogP contribution is -2.31. The average Bonchev–Trinajstić information content (AvgIpc) is 2.61. The minimum Gasteiger partial charge on any atom is -0.481 e. The smallest absolute Gasteiger partial charge is 0.305 e. The van der Waals surface area contributed by atoms with Crippen LogP contribution in [-0.2, 0) is 9.59 Å². The average molecular weight is 417 g/mol.